The SMILES string of the molecule is Cn1cc(CNCCN)cc1[N+](=O)[O-]. The number of nitro groups is 1. The standard InChI is InChI=1S/C8H14N4O2/c1-11-6-7(5-10-3-2-9)4-8(11)12(13)14/h4,6,10H,2-3,5,9H2,1H3. The second kappa shape index (κ2) is 4.73. The zero-order chi connectivity index (χ0) is 10.6. The summed E-state index contributed by atoms with van der Waals surface area (Å²) in [6.07, 6.45) is 1.74. The third-order valence-corrected chi connectivity index (χ3v) is 1.87. The molecule has 1 rings (SSSR count). The molecule has 0 aliphatic carbocycles. The van der Waals surface area contributed by atoms with Crippen LogP contribution in [0.4, 0.5) is 5.82 Å². The number of nitrogens with two attached hydrogens (primary N) is 1. The Morgan fingerprint density at radius 2 is 2.43 bits per heavy atom. The molecule has 1 heterocycles. The minimum Gasteiger partial charge on any atom is -0.358 e. The van der Waals surface area contributed by atoms with E-state index in [0.717, 1.165) is 5.56 Å². The molecule has 6 heteroatoms. The van der Waals surface area contributed by atoms with Crippen LogP contribution in [0.25, 0.3) is 0 Å². The van der Waals surface area contributed by atoms with Gasteiger partial charge in [-0.2, -0.15) is 0 Å². The Morgan fingerprint density at radius 3 is 2.93 bits per heavy atom. The van der Waals surface area contributed by atoms with Crippen molar-refractivity contribution < 1.29 is 4.92 Å². The van der Waals surface area contributed by atoms with Crippen LogP contribution in [-0.2, 0) is 13.6 Å². The minimum atomic E-state index is -0.396. The van der Waals surface area contributed by atoms with E-state index in [4.69, 9.17) is 5.73 Å². The van der Waals surface area contributed by atoms with Gasteiger partial charge in [-0.05, 0) is 4.92 Å². The van der Waals surface area contributed by atoms with Crippen LogP contribution in [-0.4, -0.2) is 22.6 Å². The van der Waals surface area contributed by atoms with Gasteiger partial charge in [0, 0.05) is 31.3 Å². The van der Waals surface area contributed by atoms with E-state index in [2.05, 4.69) is 5.32 Å². The monoisotopic (exact) mass is 198 g/mol. The third kappa shape index (κ3) is 2.54. The van der Waals surface area contributed by atoms with E-state index in [-0.39, 0.29) is 5.82 Å². The van der Waals surface area contributed by atoms with Crippen molar-refractivity contribution in [1.82, 2.24) is 9.88 Å². The molecule has 0 atom stereocenters. The molecule has 0 saturated carbocycles. The van der Waals surface area contributed by atoms with Gasteiger partial charge in [0.15, 0.2) is 0 Å². The van der Waals surface area contributed by atoms with E-state index in [1.165, 1.54) is 4.57 Å². The van der Waals surface area contributed by atoms with Crippen LogP contribution in [0.15, 0.2) is 12.3 Å². The number of hydrogen-bond donors (Lipinski definition) is 2. The summed E-state index contributed by atoms with van der Waals surface area (Å²) in [5, 5.41) is 13.6. The van der Waals surface area contributed by atoms with Gasteiger partial charge in [0.2, 0.25) is 0 Å². The highest BCUT2D eigenvalue weighted by Gasteiger charge is 2.11. The van der Waals surface area contributed by atoms with Crippen molar-refractivity contribution >= 4 is 5.82 Å². The first-order chi connectivity index (χ1) is 6.65. The molecule has 1 aromatic rings. The van der Waals surface area contributed by atoms with Crippen LogP contribution in [0.2, 0.25) is 0 Å². The molecular weight excluding hydrogens is 184 g/mol. The van der Waals surface area contributed by atoms with Gasteiger partial charge in [0.05, 0.1) is 13.2 Å². The van der Waals surface area contributed by atoms with Gasteiger partial charge < -0.3 is 21.2 Å². The number of aryl methyl sites for hydroxylation is 1. The highest BCUT2D eigenvalue weighted by atomic mass is 16.6. The van der Waals surface area contributed by atoms with Gasteiger partial charge in [-0.15, -0.1) is 0 Å². The minimum absolute atomic E-state index is 0.106. The molecule has 0 aromatic carbocycles. The number of hydrogen-bond acceptors (Lipinski definition) is 4. The maximum atomic E-state index is 10.5. The summed E-state index contributed by atoms with van der Waals surface area (Å²) in [4.78, 5) is 10.1. The maximum Gasteiger partial charge on any atom is 0.323 e. The van der Waals surface area contributed by atoms with Crippen molar-refractivity contribution in [3.8, 4) is 0 Å². The van der Waals surface area contributed by atoms with Gasteiger partial charge >= 0.3 is 5.82 Å². The Morgan fingerprint density at radius 1 is 1.71 bits per heavy atom. The average Bonchev–Trinajstić information content (AvgIpc) is 2.47. The Hall–Kier alpha value is -1.40. The molecule has 0 aliphatic rings. The quantitative estimate of drug-likeness (QED) is 0.395. The van der Waals surface area contributed by atoms with Crippen LogP contribution in [0.1, 0.15) is 5.56 Å². The van der Waals surface area contributed by atoms with Crippen LogP contribution in [0.3, 0.4) is 0 Å². The molecule has 0 unspecified atom stereocenters. The largest absolute Gasteiger partial charge is 0.358 e. The topological polar surface area (TPSA) is 86.1 Å². The molecule has 0 aliphatic heterocycles. The van der Waals surface area contributed by atoms with E-state index >= 15 is 0 Å². The Balaban J connectivity index is 2.62. The predicted molar refractivity (Wildman–Crippen MR) is 52.8 cm³/mol. The molecule has 3 N–H and O–H groups in total. The molecule has 0 bridgehead atoms. The van der Waals surface area contributed by atoms with Crippen LogP contribution in [0.5, 0.6) is 0 Å². The van der Waals surface area contributed by atoms with E-state index in [0.29, 0.717) is 19.6 Å². The van der Waals surface area contributed by atoms with Crippen LogP contribution in [0, 0.1) is 10.1 Å². The lowest BCUT2D eigenvalue weighted by Crippen LogP contribution is -2.21. The lowest BCUT2D eigenvalue weighted by atomic mass is 10.3. The number of rotatable bonds is 5. The smallest absolute Gasteiger partial charge is 0.323 e. The zero-order valence-corrected chi connectivity index (χ0v) is 8.06. The second-order valence-electron chi connectivity index (χ2n) is 3.04. The molecule has 6 nitrogen and oxygen atoms in total. The Bertz CT molecular complexity index is 321. The average molecular weight is 198 g/mol. The summed E-state index contributed by atoms with van der Waals surface area (Å²) in [5.41, 5.74) is 6.20. The molecular formula is C8H14N4O2. The zero-order valence-electron chi connectivity index (χ0n) is 8.06. The summed E-state index contributed by atoms with van der Waals surface area (Å²) >= 11 is 0. The van der Waals surface area contributed by atoms with Gasteiger partial charge in [-0.3, -0.25) is 0 Å². The van der Waals surface area contributed by atoms with Crippen molar-refractivity contribution in [3.05, 3.63) is 27.9 Å². The highest BCUT2D eigenvalue weighted by Crippen LogP contribution is 2.14. The number of nitrogens with zero attached hydrogens (tertiary/aromatic N) is 2. The number of nitrogens with one attached hydrogen (secondary N) is 1. The summed E-state index contributed by atoms with van der Waals surface area (Å²) < 4.78 is 1.50. The van der Waals surface area contributed by atoms with Crippen molar-refractivity contribution in [2.24, 2.45) is 12.8 Å². The fraction of sp³-hybridized carbons (Fsp3) is 0.500. The lowest BCUT2D eigenvalue weighted by molar-refractivity contribution is -0.391. The van der Waals surface area contributed by atoms with Crippen LogP contribution < -0.4 is 11.1 Å². The lowest BCUT2D eigenvalue weighted by Gasteiger charge is -1.97. The van der Waals surface area contributed by atoms with Crippen molar-refractivity contribution in [2.75, 3.05) is 13.1 Å². The first-order valence-corrected chi connectivity index (χ1v) is 4.35. The summed E-state index contributed by atoms with van der Waals surface area (Å²) in [6, 6.07) is 1.56. The second-order valence-corrected chi connectivity index (χ2v) is 3.04. The van der Waals surface area contributed by atoms with E-state index < -0.39 is 4.92 Å². The van der Waals surface area contributed by atoms with Gasteiger partial charge in [0.25, 0.3) is 0 Å². The van der Waals surface area contributed by atoms with Gasteiger partial charge in [-0.1, -0.05) is 0 Å². The molecule has 1 aromatic heterocycles. The summed E-state index contributed by atoms with van der Waals surface area (Å²) in [7, 11) is 1.66. The molecule has 14 heavy (non-hydrogen) atoms. The summed E-state index contributed by atoms with van der Waals surface area (Å²) in [5.74, 6) is 0.106. The van der Waals surface area contributed by atoms with Gasteiger partial charge in [0.1, 0.15) is 0 Å². The molecule has 0 fully saturated rings. The Kier molecular flexibility index (Phi) is 3.61. The third-order valence-electron chi connectivity index (χ3n) is 1.87. The molecule has 0 spiro atoms. The molecule has 0 amide bonds. The predicted octanol–water partition coefficient (Wildman–Crippen LogP) is -0.0184. The van der Waals surface area contributed by atoms with Crippen LogP contribution >= 0.6 is 0 Å². The van der Waals surface area contributed by atoms with Gasteiger partial charge in [-0.25, -0.2) is 4.57 Å². The first kappa shape index (κ1) is 10.7. The normalized spacial score (nSPS) is 10.4. The maximum absolute atomic E-state index is 10.5. The van der Waals surface area contributed by atoms with Crippen molar-refractivity contribution in [3.63, 3.8) is 0 Å². The van der Waals surface area contributed by atoms with Crippen molar-refractivity contribution in [2.45, 2.75) is 6.54 Å². The van der Waals surface area contributed by atoms with E-state index in [1.807, 2.05) is 0 Å². The fourth-order valence-electron chi connectivity index (χ4n) is 1.23. The Labute approximate surface area is 81.9 Å². The molecule has 0 radical (unpaired) electrons. The summed E-state index contributed by atoms with van der Waals surface area (Å²) in [6.45, 7) is 1.89. The van der Waals surface area contributed by atoms with E-state index in [1.54, 1.807) is 19.3 Å². The number of aromatic nitrogens is 1. The molecule has 0 saturated heterocycles. The fourth-order valence-corrected chi connectivity index (χ4v) is 1.23. The van der Waals surface area contributed by atoms with Crippen molar-refractivity contribution in [1.29, 1.82) is 0 Å². The first-order valence-electron chi connectivity index (χ1n) is 4.35. The molecule has 78 valence electrons. The van der Waals surface area contributed by atoms with E-state index in [9.17, 15) is 10.1 Å². The highest BCUT2D eigenvalue weighted by molar-refractivity contribution is 5.28.